The largest absolute Gasteiger partial charge is 0.276 e. The van der Waals surface area contributed by atoms with Gasteiger partial charge in [-0.1, -0.05) is 97.1 Å². The van der Waals surface area contributed by atoms with E-state index in [4.69, 9.17) is 15.0 Å². The first kappa shape index (κ1) is 22.8. The number of anilines is 3. The average molecular weight is 532 g/mol. The molecular weight excluding hydrogens is 510 g/mol. The summed E-state index contributed by atoms with van der Waals surface area (Å²) >= 11 is 1.79. The highest BCUT2D eigenvalue weighted by Crippen LogP contribution is 2.55. The maximum absolute atomic E-state index is 5.13. The predicted octanol–water partition coefficient (Wildman–Crippen LogP) is 8.93. The van der Waals surface area contributed by atoms with E-state index in [2.05, 4.69) is 64.5 Å². The molecule has 0 saturated carbocycles. The van der Waals surface area contributed by atoms with Crippen LogP contribution < -0.4 is 4.90 Å². The lowest BCUT2D eigenvalue weighted by Gasteiger charge is -2.25. The van der Waals surface area contributed by atoms with Crippen LogP contribution in [0.1, 0.15) is 0 Å². The van der Waals surface area contributed by atoms with Crippen LogP contribution in [0, 0.1) is 0 Å². The summed E-state index contributed by atoms with van der Waals surface area (Å²) in [7, 11) is 0. The first-order chi connectivity index (χ1) is 19.8. The Kier molecular flexibility index (Phi) is 5.24. The van der Waals surface area contributed by atoms with Crippen LogP contribution >= 0.6 is 11.3 Å². The van der Waals surface area contributed by atoms with E-state index >= 15 is 0 Å². The van der Waals surface area contributed by atoms with Crippen molar-refractivity contribution in [1.29, 1.82) is 0 Å². The Balaban J connectivity index is 1.49. The molecule has 1 aliphatic heterocycles. The monoisotopic (exact) mass is 531 g/mol. The van der Waals surface area contributed by atoms with Gasteiger partial charge >= 0.3 is 0 Å². The average Bonchev–Trinajstić information content (AvgIpc) is 3.36. The summed E-state index contributed by atoms with van der Waals surface area (Å²) in [4.78, 5) is 23.1. The van der Waals surface area contributed by atoms with Gasteiger partial charge in [-0.25, -0.2) is 4.98 Å². The summed E-state index contributed by atoms with van der Waals surface area (Å²) in [6.07, 6.45) is 3.83. The zero-order valence-corrected chi connectivity index (χ0v) is 22.1. The molecule has 0 saturated heterocycles. The predicted molar refractivity (Wildman–Crippen MR) is 163 cm³/mol. The lowest BCUT2D eigenvalue weighted by Crippen LogP contribution is -2.15. The molecule has 0 N–H and O–H groups in total. The van der Waals surface area contributed by atoms with Gasteiger partial charge in [0.1, 0.15) is 0 Å². The normalized spacial score (nSPS) is 11.9. The Morgan fingerprint density at radius 2 is 1.20 bits per heavy atom. The van der Waals surface area contributed by atoms with Crippen molar-refractivity contribution in [3.63, 3.8) is 0 Å². The molecule has 7 aromatic rings. The molecule has 188 valence electrons. The molecule has 40 heavy (non-hydrogen) atoms. The van der Waals surface area contributed by atoms with Gasteiger partial charge in [0.25, 0.3) is 0 Å². The molecule has 0 unspecified atom stereocenters. The van der Waals surface area contributed by atoms with E-state index in [1.54, 1.807) is 11.3 Å². The van der Waals surface area contributed by atoms with Gasteiger partial charge in [-0.3, -0.25) is 9.88 Å². The van der Waals surface area contributed by atoms with Crippen molar-refractivity contribution in [2.75, 3.05) is 4.90 Å². The van der Waals surface area contributed by atoms with E-state index in [0.717, 1.165) is 49.5 Å². The summed E-state index contributed by atoms with van der Waals surface area (Å²) < 4.78 is 1.21. The van der Waals surface area contributed by atoms with Crippen molar-refractivity contribution in [2.24, 2.45) is 0 Å². The molecule has 3 aromatic heterocycles. The van der Waals surface area contributed by atoms with E-state index in [0.29, 0.717) is 17.6 Å². The third-order valence-corrected chi connectivity index (χ3v) is 8.37. The maximum atomic E-state index is 5.13. The van der Waals surface area contributed by atoms with Crippen LogP contribution in [0.25, 0.3) is 54.4 Å². The minimum atomic E-state index is 0.575. The molecule has 1 aliphatic rings. The second-order valence-corrected chi connectivity index (χ2v) is 10.6. The van der Waals surface area contributed by atoms with Crippen LogP contribution in [0.5, 0.6) is 0 Å². The summed E-state index contributed by atoms with van der Waals surface area (Å²) in [5.41, 5.74) is 7.28. The van der Waals surface area contributed by atoms with Gasteiger partial charge in [0.05, 0.1) is 16.3 Å². The van der Waals surface area contributed by atoms with E-state index in [1.807, 2.05) is 73.1 Å². The second kappa shape index (κ2) is 9.22. The third kappa shape index (κ3) is 3.61. The van der Waals surface area contributed by atoms with Crippen molar-refractivity contribution in [3.05, 3.63) is 128 Å². The molecule has 0 amide bonds. The smallest absolute Gasteiger partial charge is 0.238 e. The van der Waals surface area contributed by atoms with Crippen molar-refractivity contribution in [1.82, 2.24) is 19.9 Å². The molecule has 0 fully saturated rings. The number of thiophene rings is 1. The number of para-hydroxylation sites is 1. The van der Waals surface area contributed by atoms with Crippen LogP contribution in [-0.2, 0) is 0 Å². The highest BCUT2D eigenvalue weighted by Gasteiger charge is 2.31. The van der Waals surface area contributed by atoms with Gasteiger partial charge < -0.3 is 0 Å². The van der Waals surface area contributed by atoms with E-state index in [-0.39, 0.29) is 0 Å². The molecule has 5 nitrogen and oxygen atoms in total. The Hall–Kier alpha value is -5.20. The molecule has 0 atom stereocenters. The first-order valence-corrected chi connectivity index (χ1v) is 13.9. The number of hydrogen-bond donors (Lipinski definition) is 0. The lowest BCUT2D eigenvalue weighted by atomic mass is 10.0. The van der Waals surface area contributed by atoms with Crippen molar-refractivity contribution in [2.45, 2.75) is 0 Å². The molecule has 4 aromatic carbocycles. The summed E-state index contributed by atoms with van der Waals surface area (Å²) in [6.45, 7) is 0. The number of benzene rings is 4. The standard InChI is InChI=1S/C34H21N5S/c1-3-11-22(12-4-1)32-36-33(23-13-5-2-6-14-23)38-34(37-32)39-28-17-9-7-15-24(28)27-21-35-20-19-25(27)31-30(39)26-16-8-10-18-29(26)40-31/h1-21H. The fourth-order valence-electron chi connectivity index (χ4n) is 5.37. The summed E-state index contributed by atoms with van der Waals surface area (Å²) in [5, 5.41) is 1.16. The molecule has 0 aliphatic carbocycles. The molecule has 0 spiro atoms. The fraction of sp³-hybridized carbons (Fsp3) is 0. The molecule has 4 heterocycles. The molecular formula is C34H21N5S. The van der Waals surface area contributed by atoms with Crippen LogP contribution in [0.15, 0.2) is 128 Å². The van der Waals surface area contributed by atoms with Gasteiger partial charge in [0, 0.05) is 50.3 Å². The van der Waals surface area contributed by atoms with Gasteiger partial charge in [-0.15, -0.1) is 11.3 Å². The zero-order chi connectivity index (χ0) is 26.5. The van der Waals surface area contributed by atoms with Crippen LogP contribution in [0.2, 0.25) is 0 Å². The van der Waals surface area contributed by atoms with Crippen molar-refractivity contribution >= 4 is 38.7 Å². The lowest BCUT2D eigenvalue weighted by molar-refractivity contribution is 1.03. The number of hydrogen-bond acceptors (Lipinski definition) is 6. The Labute approximate surface area is 235 Å². The van der Waals surface area contributed by atoms with Gasteiger partial charge in [0.15, 0.2) is 11.6 Å². The van der Waals surface area contributed by atoms with Crippen LogP contribution in [0.4, 0.5) is 17.3 Å². The first-order valence-electron chi connectivity index (χ1n) is 13.1. The summed E-state index contributed by atoms with van der Waals surface area (Å²) in [5.74, 6) is 1.84. The van der Waals surface area contributed by atoms with Crippen molar-refractivity contribution in [3.8, 4) is 44.3 Å². The van der Waals surface area contributed by atoms with Gasteiger partial charge in [-0.05, 0) is 18.2 Å². The maximum Gasteiger partial charge on any atom is 0.238 e. The van der Waals surface area contributed by atoms with Crippen LogP contribution in [-0.4, -0.2) is 19.9 Å². The third-order valence-electron chi connectivity index (χ3n) is 7.18. The van der Waals surface area contributed by atoms with Crippen LogP contribution in [0.3, 0.4) is 0 Å². The Bertz CT molecular complexity index is 1960. The quantitative estimate of drug-likeness (QED) is 0.228. The number of nitrogens with zero attached hydrogens (tertiary/aromatic N) is 5. The van der Waals surface area contributed by atoms with E-state index < -0.39 is 0 Å². The SMILES string of the molecule is c1ccc(-c2nc(-c3ccccc3)nc(N3c4ccccc4-c4cnccc4-c4sc5ccccc5c43)n2)cc1. The highest BCUT2D eigenvalue weighted by atomic mass is 32.1. The number of fused-ring (bicyclic) bond motifs is 7. The minimum Gasteiger partial charge on any atom is -0.276 e. The molecule has 8 rings (SSSR count). The topological polar surface area (TPSA) is 54.8 Å². The fourth-order valence-corrected chi connectivity index (χ4v) is 6.59. The van der Waals surface area contributed by atoms with E-state index in [9.17, 15) is 0 Å². The Morgan fingerprint density at radius 3 is 1.95 bits per heavy atom. The molecule has 6 heteroatoms. The van der Waals surface area contributed by atoms with Crippen molar-refractivity contribution < 1.29 is 0 Å². The number of pyridine rings is 1. The van der Waals surface area contributed by atoms with Gasteiger partial charge in [-0.2, -0.15) is 9.97 Å². The van der Waals surface area contributed by atoms with Gasteiger partial charge in [0.2, 0.25) is 5.95 Å². The second-order valence-electron chi connectivity index (χ2n) is 9.56. The minimum absolute atomic E-state index is 0.575. The highest BCUT2D eigenvalue weighted by molar-refractivity contribution is 7.23. The van der Waals surface area contributed by atoms with E-state index in [1.165, 1.54) is 4.70 Å². The Morgan fingerprint density at radius 1 is 0.550 bits per heavy atom. The number of aromatic nitrogens is 4. The molecule has 0 radical (unpaired) electrons. The molecule has 0 bridgehead atoms. The summed E-state index contributed by atoms with van der Waals surface area (Å²) in [6, 6.07) is 39.3. The number of rotatable bonds is 3. The zero-order valence-electron chi connectivity index (χ0n) is 21.3.